The van der Waals surface area contributed by atoms with Crippen molar-refractivity contribution < 1.29 is 9.84 Å². The fraction of sp³-hybridized carbons (Fsp3) is 0.485. The second kappa shape index (κ2) is 17.5. The van der Waals surface area contributed by atoms with E-state index in [9.17, 15) is 5.11 Å². The van der Waals surface area contributed by atoms with Crippen LogP contribution in [0.3, 0.4) is 0 Å². The highest BCUT2D eigenvalue weighted by Gasteiger charge is 2.26. The molecule has 3 N–H and O–H groups in total. The molecule has 1 aliphatic heterocycles. The summed E-state index contributed by atoms with van der Waals surface area (Å²) in [6, 6.07) is 10.8. The standard InChI is InChI=1S/C31H41N7O2S2.C2H6/c1-3-37(15-17-39)31-29-27(34-30(35-31)26-7-5-4-6-23(26)8-11-32)20-25(42-29)21-36-13-9-24(10-14-36)38(16-18-40-2)22-28-33-12-19-41-28;1-2/h4-8,11-12,19-20,24,39H,3,9-10,13-18,21-22,32H2,1-2H3;1-2H3/b11-8-;. The molecule has 1 aliphatic rings. The number of thiophene rings is 1. The summed E-state index contributed by atoms with van der Waals surface area (Å²) in [6.07, 6.45) is 7.57. The number of aliphatic hydroxyl groups excluding tert-OH is 1. The molecule has 0 unspecified atom stereocenters. The molecule has 1 fully saturated rings. The largest absolute Gasteiger partial charge is 0.405 e. The van der Waals surface area contributed by atoms with Crippen molar-refractivity contribution in [2.75, 3.05) is 57.9 Å². The van der Waals surface area contributed by atoms with Crippen molar-refractivity contribution in [2.24, 2.45) is 5.73 Å². The van der Waals surface area contributed by atoms with Gasteiger partial charge in [0.15, 0.2) is 11.6 Å². The zero-order valence-corrected chi connectivity index (χ0v) is 28.1. The van der Waals surface area contributed by atoms with E-state index in [1.807, 2.05) is 50.4 Å². The van der Waals surface area contributed by atoms with E-state index in [4.69, 9.17) is 20.4 Å². The number of nitrogens with zero attached hydrogens (tertiary/aromatic N) is 6. The maximum atomic E-state index is 9.78. The van der Waals surface area contributed by atoms with Gasteiger partial charge in [0.05, 0.1) is 30.0 Å². The summed E-state index contributed by atoms with van der Waals surface area (Å²) in [5, 5.41) is 13.0. The first-order valence-corrected chi connectivity index (χ1v) is 17.3. The van der Waals surface area contributed by atoms with Crippen molar-refractivity contribution in [3.05, 3.63) is 63.6 Å². The average molecular weight is 638 g/mol. The lowest BCUT2D eigenvalue weighted by Gasteiger charge is -2.38. The van der Waals surface area contributed by atoms with Gasteiger partial charge in [-0.3, -0.25) is 9.80 Å². The Morgan fingerprint density at radius 1 is 1.16 bits per heavy atom. The third-order valence-electron chi connectivity index (χ3n) is 7.79. The molecule has 3 aromatic heterocycles. The number of fused-ring (bicyclic) bond motifs is 1. The summed E-state index contributed by atoms with van der Waals surface area (Å²) in [4.78, 5) is 23.1. The highest BCUT2D eigenvalue weighted by molar-refractivity contribution is 7.19. The van der Waals surface area contributed by atoms with E-state index in [0.29, 0.717) is 18.4 Å². The van der Waals surface area contributed by atoms with Crippen LogP contribution in [0.2, 0.25) is 0 Å². The number of nitrogens with two attached hydrogens (primary N) is 1. The molecule has 11 heteroatoms. The van der Waals surface area contributed by atoms with Gasteiger partial charge in [0.2, 0.25) is 0 Å². The number of hydrogen-bond acceptors (Lipinski definition) is 11. The lowest BCUT2D eigenvalue weighted by atomic mass is 10.0. The first kappa shape index (κ1) is 34.0. The van der Waals surface area contributed by atoms with Crippen molar-refractivity contribution in [2.45, 2.75) is 52.7 Å². The van der Waals surface area contributed by atoms with E-state index < -0.39 is 0 Å². The van der Waals surface area contributed by atoms with E-state index in [-0.39, 0.29) is 6.61 Å². The fourth-order valence-corrected chi connectivity index (χ4v) is 7.42. The maximum absolute atomic E-state index is 9.78. The molecule has 9 nitrogen and oxygen atoms in total. The lowest BCUT2D eigenvalue weighted by molar-refractivity contribution is 0.0719. The summed E-state index contributed by atoms with van der Waals surface area (Å²) in [5.41, 5.74) is 8.59. The number of likely N-dealkylation sites (N-methyl/N-ethyl adjacent to an activating group) is 1. The number of likely N-dealkylation sites (tertiary alicyclic amines) is 1. The number of rotatable bonds is 14. The van der Waals surface area contributed by atoms with Gasteiger partial charge in [-0.1, -0.05) is 38.1 Å². The van der Waals surface area contributed by atoms with E-state index in [1.54, 1.807) is 36.0 Å². The van der Waals surface area contributed by atoms with Crippen LogP contribution in [0.1, 0.15) is 49.1 Å². The minimum Gasteiger partial charge on any atom is -0.405 e. The fourth-order valence-electron chi connectivity index (χ4n) is 5.63. The van der Waals surface area contributed by atoms with Crippen molar-refractivity contribution in [3.8, 4) is 11.4 Å². The number of methoxy groups -OCH3 is 1. The molecule has 0 spiro atoms. The van der Waals surface area contributed by atoms with Gasteiger partial charge in [-0.05, 0) is 43.7 Å². The predicted octanol–water partition coefficient (Wildman–Crippen LogP) is 5.70. The molecule has 0 aliphatic carbocycles. The maximum Gasteiger partial charge on any atom is 0.162 e. The summed E-state index contributed by atoms with van der Waals surface area (Å²) in [7, 11) is 1.77. The van der Waals surface area contributed by atoms with Crippen LogP contribution < -0.4 is 10.6 Å². The molecule has 44 heavy (non-hydrogen) atoms. The van der Waals surface area contributed by atoms with Crippen LogP contribution in [0.4, 0.5) is 5.82 Å². The second-order valence-electron chi connectivity index (χ2n) is 10.4. The molecule has 1 saturated heterocycles. The third kappa shape index (κ3) is 8.62. The van der Waals surface area contributed by atoms with Gasteiger partial charge in [0, 0.05) is 74.4 Å². The van der Waals surface area contributed by atoms with Gasteiger partial charge < -0.3 is 20.5 Å². The van der Waals surface area contributed by atoms with Gasteiger partial charge in [-0.2, -0.15) is 0 Å². The predicted molar refractivity (Wildman–Crippen MR) is 185 cm³/mol. The van der Waals surface area contributed by atoms with Gasteiger partial charge in [0.25, 0.3) is 0 Å². The third-order valence-corrected chi connectivity index (χ3v) is 9.66. The molecule has 0 atom stereocenters. The second-order valence-corrected chi connectivity index (χ2v) is 12.6. The average Bonchev–Trinajstić information content (AvgIpc) is 3.73. The van der Waals surface area contributed by atoms with Crippen LogP contribution >= 0.6 is 22.7 Å². The minimum absolute atomic E-state index is 0.0677. The Kier molecular flexibility index (Phi) is 13.5. The van der Waals surface area contributed by atoms with Gasteiger partial charge in [-0.15, -0.1) is 22.7 Å². The number of benzene rings is 1. The summed E-state index contributed by atoms with van der Waals surface area (Å²) >= 11 is 3.49. The SMILES string of the molecule is CC.CCN(CCO)c1nc(-c2ccccc2/C=C\N)nc2cc(CN3CCC(N(CCOC)Cc4nccs4)CC3)sc12. The highest BCUT2D eigenvalue weighted by Crippen LogP contribution is 2.36. The molecule has 1 aromatic carbocycles. The van der Waals surface area contributed by atoms with Crippen LogP contribution in [-0.4, -0.2) is 88.9 Å². The zero-order valence-electron chi connectivity index (χ0n) is 26.5. The topological polar surface area (TPSA) is 104 Å². The smallest absolute Gasteiger partial charge is 0.162 e. The molecule has 0 radical (unpaired) electrons. The van der Waals surface area contributed by atoms with E-state index >= 15 is 0 Å². The molecular weight excluding hydrogens is 591 g/mol. The highest BCUT2D eigenvalue weighted by atomic mass is 32.1. The van der Waals surface area contributed by atoms with Crippen LogP contribution in [0.25, 0.3) is 27.7 Å². The number of aliphatic hydroxyl groups is 1. The van der Waals surface area contributed by atoms with Crippen molar-refractivity contribution in [1.29, 1.82) is 0 Å². The van der Waals surface area contributed by atoms with Gasteiger partial charge in [0.1, 0.15) is 5.01 Å². The number of thiazole rings is 1. The molecular formula is C33H47N7O2S2. The van der Waals surface area contributed by atoms with Crippen molar-refractivity contribution in [1.82, 2.24) is 24.8 Å². The Balaban J connectivity index is 0.00000216. The van der Waals surface area contributed by atoms with Crippen LogP contribution in [0, 0.1) is 0 Å². The summed E-state index contributed by atoms with van der Waals surface area (Å²) in [6.45, 7) is 13.0. The molecule has 4 aromatic rings. The molecule has 0 saturated carbocycles. The number of hydrogen-bond donors (Lipinski definition) is 2. The zero-order chi connectivity index (χ0) is 31.3. The quantitative estimate of drug-likeness (QED) is 0.180. The van der Waals surface area contributed by atoms with Gasteiger partial charge in [-0.25, -0.2) is 15.0 Å². The van der Waals surface area contributed by atoms with E-state index in [0.717, 1.165) is 85.9 Å². The van der Waals surface area contributed by atoms with E-state index in [2.05, 4.69) is 38.1 Å². The Bertz CT molecular complexity index is 1440. The number of anilines is 1. The first-order valence-electron chi connectivity index (χ1n) is 15.6. The van der Waals surface area contributed by atoms with Crippen LogP contribution in [0.15, 0.2) is 48.1 Å². The molecule has 4 heterocycles. The summed E-state index contributed by atoms with van der Waals surface area (Å²) in [5.74, 6) is 1.55. The number of aromatic nitrogens is 3. The van der Waals surface area contributed by atoms with E-state index in [1.165, 1.54) is 9.88 Å². The normalized spacial score (nSPS) is 14.4. The molecule has 0 bridgehead atoms. The lowest BCUT2D eigenvalue weighted by Crippen LogP contribution is -2.45. The number of piperidine rings is 1. The Morgan fingerprint density at radius 2 is 1.95 bits per heavy atom. The molecule has 238 valence electrons. The van der Waals surface area contributed by atoms with Crippen molar-refractivity contribution in [3.63, 3.8) is 0 Å². The minimum atomic E-state index is 0.0677. The van der Waals surface area contributed by atoms with Crippen LogP contribution in [0.5, 0.6) is 0 Å². The first-order chi connectivity index (χ1) is 21.6. The Morgan fingerprint density at radius 3 is 2.64 bits per heavy atom. The molecule has 5 rings (SSSR count). The number of ether oxygens (including phenoxy) is 1. The van der Waals surface area contributed by atoms with Crippen molar-refractivity contribution >= 4 is 44.8 Å². The van der Waals surface area contributed by atoms with Crippen LogP contribution in [-0.2, 0) is 17.8 Å². The van der Waals surface area contributed by atoms with Gasteiger partial charge >= 0.3 is 0 Å². The Labute approximate surface area is 270 Å². The molecule has 0 amide bonds. The summed E-state index contributed by atoms with van der Waals surface area (Å²) < 4.78 is 6.48. The monoisotopic (exact) mass is 637 g/mol. The Hall–Kier alpha value is -2.93.